The molecule has 12 heteroatoms. The van der Waals surface area contributed by atoms with Gasteiger partial charge in [-0.3, -0.25) is 9.10 Å². The Hall–Kier alpha value is -4.06. The molecule has 206 valence electrons. The van der Waals surface area contributed by atoms with Crippen LogP contribution in [-0.2, 0) is 37.1 Å². The van der Waals surface area contributed by atoms with Gasteiger partial charge in [-0.25, -0.2) is 13.2 Å². The van der Waals surface area contributed by atoms with Crippen LogP contribution in [0.4, 0.5) is 18.9 Å². The highest BCUT2D eigenvalue weighted by atomic mass is 32.2. The van der Waals surface area contributed by atoms with Crippen LogP contribution < -0.4 is 9.04 Å². The van der Waals surface area contributed by atoms with E-state index in [0.717, 1.165) is 28.1 Å². The van der Waals surface area contributed by atoms with Gasteiger partial charge in [0.1, 0.15) is 18.5 Å². The van der Waals surface area contributed by atoms with Gasteiger partial charge in [0.05, 0.1) is 35.4 Å². The number of alkyl halides is 3. The van der Waals surface area contributed by atoms with E-state index in [9.17, 15) is 31.2 Å². The number of methoxy groups -OCH3 is 1. The summed E-state index contributed by atoms with van der Waals surface area (Å²) in [5, 5.41) is 0. The Labute approximate surface area is 223 Å². The first-order valence-electron chi connectivity index (χ1n) is 11.8. The maximum Gasteiger partial charge on any atom is 0.416 e. The van der Waals surface area contributed by atoms with Crippen LogP contribution in [0.5, 0.6) is 5.75 Å². The topological polar surface area (TPSA) is 99.2 Å². The average molecular weight is 564 g/mol. The molecular formula is C27H24F3NO7S. The fraction of sp³-hybridized carbons (Fsp3) is 0.259. The molecule has 0 saturated carbocycles. The molecule has 3 aromatic carbocycles. The van der Waals surface area contributed by atoms with Crippen LogP contribution in [0.3, 0.4) is 0 Å². The highest BCUT2D eigenvalue weighted by Crippen LogP contribution is 2.39. The van der Waals surface area contributed by atoms with E-state index in [2.05, 4.69) is 4.74 Å². The number of benzene rings is 3. The van der Waals surface area contributed by atoms with Gasteiger partial charge in [0.25, 0.3) is 10.0 Å². The number of fused-ring (bicyclic) bond motifs is 1. The van der Waals surface area contributed by atoms with Crippen molar-refractivity contribution < 1.29 is 45.4 Å². The first-order valence-corrected chi connectivity index (χ1v) is 13.2. The van der Waals surface area contributed by atoms with Gasteiger partial charge in [-0.2, -0.15) is 13.2 Å². The predicted molar refractivity (Wildman–Crippen MR) is 134 cm³/mol. The van der Waals surface area contributed by atoms with Gasteiger partial charge < -0.3 is 14.2 Å². The van der Waals surface area contributed by atoms with Crippen LogP contribution in [0.2, 0.25) is 0 Å². The normalized spacial score (nSPS) is 15.2. The predicted octanol–water partition coefficient (Wildman–Crippen LogP) is 4.97. The highest BCUT2D eigenvalue weighted by molar-refractivity contribution is 7.92. The summed E-state index contributed by atoms with van der Waals surface area (Å²) in [4.78, 5) is 23.8. The van der Waals surface area contributed by atoms with E-state index >= 15 is 0 Å². The summed E-state index contributed by atoms with van der Waals surface area (Å²) in [6, 6.07) is 16.3. The lowest BCUT2D eigenvalue weighted by Crippen LogP contribution is -2.44. The van der Waals surface area contributed by atoms with Crippen LogP contribution in [0, 0.1) is 0 Å². The lowest BCUT2D eigenvalue weighted by Gasteiger charge is -2.35. The lowest BCUT2D eigenvalue weighted by molar-refractivity contribution is -0.141. The van der Waals surface area contributed by atoms with Gasteiger partial charge in [0.2, 0.25) is 0 Å². The maximum absolute atomic E-state index is 13.7. The van der Waals surface area contributed by atoms with Gasteiger partial charge in [-0.1, -0.05) is 36.4 Å². The van der Waals surface area contributed by atoms with E-state index in [1.54, 1.807) is 24.3 Å². The quantitative estimate of drug-likeness (QED) is 0.357. The Morgan fingerprint density at radius 2 is 1.77 bits per heavy atom. The Morgan fingerprint density at radius 3 is 2.46 bits per heavy atom. The van der Waals surface area contributed by atoms with Crippen LogP contribution in [0.15, 0.2) is 77.7 Å². The summed E-state index contributed by atoms with van der Waals surface area (Å²) >= 11 is 0. The van der Waals surface area contributed by atoms with E-state index in [1.165, 1.54) is 25.3 Å². The Balaban J connectivity index is 1.68. The standard InChI is InChI=1S/C27H24F3NO7S/c1-36-25(32)13-11-21-16-31(39(34,35)22-9-5-8-20(15-22)27(28,29)30)23-14-19(10-12-24(23)38-21)26(33)37-17-18-6-3-2-4-7-18/h2-10,12,14-15,21H,11,13,16-17H2,1H3/t21-/m0/s1. The molecule has 0 unspecified atom stereocenters. The molecule has 0 fully saturated rings. The maximum atomic E-state index is 13.7. The van der Waals surface area contributed by atoms with Crippen molar-refractivity contribution in [3.05, 3.63) is 89.5 Å². The molecule has 0 saturated heterocycles. The first-order chi connectivity index (χ1) is 18.5. The van der Waals surface area contributed by atoms with Gasteiger partial charge in [0, 0.05) is 6.42 Å². The van der Waals surface area contributed by atoms with Crippen molar-refractivity contribution in [3.8, 4) is 5.75 Å². The Kier molecular flexibility index (Phi) is 8.14. The van der Waals surface area contributed by atoms with Gasteiger partial charge in [0.15, 0.2) is 0 Å². The van der Waals surface area contributed by atoms with Crippen molar-refractivity contribution in [3.63, 3.8) is 0 Å². The first kappa shape index (κ1) is 28.0. The third-order valence-corrected chi connectivity index (χ3v) is 7.76. The van der Waals surface area contributed by atoms with Crippen molar-refractivity contribution in [1.29, 1.82) is 0 Å². The fourth-order valence-corrected chi connectivity index (χ4v) is 5.51. The van der Waals surface area contributed by atoms with E-state index < -0.39 is 44.7 Å². The molecule has 0 bridgehead atoms. The van der Waals surface area contributed by atoms with Gasteiger partial charge in [-0.05, 0) is 48.4 Å². The molecule has 1 heterocycles. The Bertz CT molecular complexity index is 1460. The zero-order valence-electron chi connectivity index (χ0n) is 20.7. The van der Waals surface area contributed by atoms with Crippen LogP contribution in [0.25, 0.3) is 0 Å². The minimum Gasteiger partial charge on any atom is -0.486 e. The summed E-state index contributed by atoms with van der Waals surface area (Å²) in [7, 11) is -3.34. The van der Waals surface area contributed by atoms with Crippen LogP contribution in [-0.4, -0.2) is 40.1 Å². The molecule has 0 radical (unpaired) electrons. The van der Waals surface area contributed by atoms with Crippen molar-refractivity contribution in [2.45, 2.75) is 36.6 Å². The van der Waals surface area contributed by atoms with Gasteiger partial charge >= 0.3 is 18.1 Å². The summed E-state index contributed by atoms with van der Waals surface area (Å²) in [5.74, 6) is -1.19. The van der Waals surface area contributed by atoms with E-state index in [1.807, 2.05) is 6.07 Å². The summed E-state index contributed by atoms with van der Waals surface area (Å²) in [6.45, 7) is -0.333. The molecular weight excluding hydrogens is 539 g/mol. The number of sulfonamides is 1. The number of ether oxygens (including phenoxy) is 3. The minimum atomic E-state index is -4.76. The largest absolute Gasteiger partial charge is 0.486 e. The molecule has 0 aliphatic carbocycles. The van der Waals surface area contributed by atoms with E-state index in [-0.39, 0.29) is 43.0 Å². The minimum absolute atomic E-state index is 0.0187. The number of halogens is 3. The molecule has 1 aliphatic heterocycles. The molecule has 1 aliphatic rings. The Morgan fingerprint density at radius 1 is 1.03 bits per heavy atom. The highest BCUT2D eigenvalue weighted by Gasteiger charge is 2.37. The molecule has 1 atom stereocenters. The second-order valence-electron chi connectivity index (χ2n) is 8.66. The van der Waals surface area contributed by atoms with Crippen molar-refractivity contribution in [1.82, 2.24) is 0 Å². The number of carbonyl (C=O) groups excluding carboxylic acids is 2. The second-order valence-corrected chi connectivity index (χ2v) is 10.5. The molecule has 39 heavy (non-hydrogen) atoms. The fourth-order valence-electron chi connectivity index (χ4n) is 3.96. The van der Waals surface area contributed by atoms with Crippen molar-refractivity contribution >= 4 is 27.6 Å². The second kappa shape index (κ2) is 11.4. The third-order valence-electron chi connectivity index (χ3n) is 5.99. The van der Waals surface area contributed by atoms with Crippen LogP contribution >= 0.6 is 0 Å². The molecule has 0 aromatic heterocycles. The summed E-state index contributed by atoms with van der Waals surface area (Å²) < 4.78 is 84.0. The smallest absolute Gasteiger partial charge is 0.416 e. The monoisotopic (exact) mass is 563 g/mol. The molecule has 3 aromatic rings. The van der Waals surface area contributed by atoms with Crippen LogP contribution in [0.1, 0.15) is 34.3 Å². The number of nitrogens with zero attached hydrogens (tertiary/aromatic N) is 1. The van der Waals surface area contributed by atoms with E-state index in [4.69, 9.17) is 9.47 Å². The SMILES string of the molecule is COC(=O)CC[C@H]1CN(S(=O)(=O)c2cccc(C(F)(F)F)c2)c2cc(C(=O)OCc3ccccc3)ccc2O1. The average Bonchev–Trinajstić information content (AvgIpc) is 2.94. The van der Waals surface area contributed by atoms with Gasteiger partial charge in [-0.15, -0.1) is 0 Å². The van der Waals surface area contributed by atoms with Crippen molar-refractivity contribution in [2.24, 2.45) is 0 Å². The third kappa shape index (κ3) is 6.51. The zero-order valence-corrected chi connectivity index (χ0v) is 21.5. The molecule has 4 rings (SSSR count). The van der Waals surface area contributed by atoms with Crippen molar-refractivity contribution in [2.75, 3.05) is 18.0 Å². The summed E-state index contributed by atoms with van der Waals surface area (Å²) in [5.41, 5.74) is -0.409. The summed E-state index contributed by atoms with van der Waals surface area (Å²) in [6.07, 6.45) is -5.56. The number of rotatable bonds is 8. The molecule has 8 nitrogen and oxygen atoms in total. The molecule has 0 spiro atoms. The lowest BCUT2D eigenvalue weighted by atomic mass is 10.1. The van der Waals surface area contributed by atoms with E-state index in [0.29, 0.717) is 6.07 Å². The molecule has 0 N–H and O–H groups in total. The number of esters is 2. The number of hydrogen-bond acceptors (Lipinski definition) is 7. The zero-order chi connectivity index (χ0) is 28.2. The number of carbonyl (C=O) groups is 2. The number of anilines is 1. The number of hydrogen-bond donors (Lipinski definition) is 0. The molecule has 0 amide bonds.